The molecule has 5 aromatic heterocycles. The van der Waals surface area contributed by atoms with Gasteiger partial charge in [-0.25, -0.2) is 4.98 Å². The number of rotatable bonds is 1. The Bertz CT molecular complexity index is 2550. The van der Waals surface area contributed by atoms with Gasteiger partial charge in [0, 0.05) is 46.0 Å². The molecule has 190 valence electrons. The van der Waals surface area contributed by atoms with Crippen LogP contribution in [0.15, 0.2) is 116 Å². The zero-order valence-electron chi connectivity index (χ0n) is 21.9. The molecule has 0 saturated heterocycles. The number of hydrogen-bond donors (Lipinski definition) is 0. The molecule has 0 fully saturated rings. The predicted octanol–water partition coefficient (Wildman–Crippen LogP) is 8.25. The van der Waals surface area contributed by atoms with Gasteiger partial charge in [-0.1, -0.05) is 60.7 Å². The average Bonchev–Trinajstić information content (AvgIpc) is 3.71. The van der Waals surface area contributed by atoms with Gasteiger partial charge in [0.15, 0.2) is 0 Å². The smallest absolute Gasteiger partial charge is 0.146 e. The van der Waals surface area contributed by atoms with Gasteiger partial charge in [0.25, 0.3) is 0 Å². The maximum absolute atomic E-state index is 5.10. The minimum absolute atomic E-state index is 0.879. The second-order valence-electron chi connectivity index (χ2n) is 10.9. The summed E-state index contributed by atoms with van der Waals surface area (Å²) in [6.45, 7) is 0. The van der Waals surface area contributed by atoms with Crippen molar-refractivity contribution in [2.24, 2.45) is 0 Å². The van der Waals surface area contributed by atoms with Gasteiger partial charge in [0.2, 0.25) is 0 Å². The lowest BCUT2D eigenvalue weighted by atomic mass is 10.0. The molecule has 0 aliphatic heterocycles. The quantitative estimate of drug-likeness (QED) is 0.204. The normalized spacial score (nSPS) is 12.8. The molecule has 1 aliphatic rings. The minimum atomic E-state index is 0.879. The van der Waals surface area contributed by atoms with E-state index in [0.717, 1.165) is 50.6 Å². The molecule has 41 heavy (non-hydrogen) atoms. The van der Waals surface area contributed by atoms with Crippen LogP contribution in [0, 0.1) is 0 Å². The van der Waals surface area contributed by atoms with E-state index in [-0.39, 0.29) is 0 Å². The van der Waals surface area contributed by atoms with Gasteiger partial charge in [-0.15, -0.1) is 0 Å². The zero-order chi connectivity index (χ0) is 26.7. The van der Waals surface area contributed by atoms with E-state index in [1.807, 2.05) is 30.7 Å². The maximum Gasteiger partial charge on any atom is 0.146 e. The number of hydrogen-bond acceptors (Lipinski definition) is 3. The summed E-state index contributed by atoms with van der Waals surface area (Å²) in [5.74, 6) is 0. The summed E-state index contributed by atoms with van der Waals surface area (Å²) in [5.41, 5.74) is 13.9. The topological polar surface area (TPSA) is 48.0 Å². The Balaban J connectivity index is 1.49. The zero-order valence-corrected chi connectivity index (χ0v) is 21.9. The summed E-state index contributed by atoms with van der Waals surface area (Å²) < 4.78 is 4.71. The minimum Gasteiger partial charge on any atom is -0.308 e. The molecule has 1 aliphatic carbocycles. The summed E-state index contributed by atoms with van der Waals surface area (Å²) in [6.07, 6.45) is 6.50. The van der Waals surface area contributed by atoms with Crippen molar-refractivity contribution in [2.45, 2.75) is 6.42 Å². The summed E-state index contributed by atoms with van der Waals surface area (Å²) in [4.78, 5) is 14.5. The first-order valence-electron chi connectivity index (χ1n) is 13.9. The van der Waals surface area contributed by atoms with Gasteiger partial charge in [0.05, 0.1) is 33.8 Å². The van der Waals surface area contributed by atoms with Crippen LogP contribution in [0.3, 0.4) is 0 Å². The SMILES string of the molecule is c1ccc(-n2c3c4c(ccc3c3ccc5c(c6ncccc6n6c7ccncc7nc56)c32)-c2ccccc2C4)cc1. The maximum atomic E-state index is 5.10. The predicted molar refractivity (Wildman–Crippen MR) is 166 cm³/mol. The van der Waals surface area contributed by atoms with Crippen LogP contribution in [0.4, 0.5) is 0 Å². The molecular weight excluding hydrogens is 502 g/mol. The molecular formula is C36H21N5. The van der Waals surface area contributed by atoms with E-state index in [4.69, 9.17) is 9.97 Å². The van der Waals surface area contributed by atoms with Gasteiger partial charge < -0.3 is 4.57 Å². The third-order valence-electron chi connectivity index (χ3n) is 8.85. The lowest BCUT2D eigenvalue weighted by molar-refractivity contribution is 1.16. The molecule has 0 N–H and O–H groups in total. The number of para-hydroxylation sites is 1. The Labute approximate surface area is 234 Å². The second kappa shape index (κ2) is 7.55. The lowest BCUT2D eigenvalue weighted by Crippen LogP contribution is -1.99. The number of imidazole rings is 1. The molecule has 0 unspecified atom stereocenters. The Morgan fingerprint density at radius 2 is 1.46 bits per heavy atom. The van der Waals surface area contributed by atoms with Crippen molar-refractivity contribution in [3.05, 3.63) is 127 Å². The van der Waals surface area contributed by atoms with Crippen LogP contribution in [-0.4, -0.2) is 23.9 Å². The van der Waals surface area contributed by atoms with Gasteiger partial charge in [0.1, 0.15) is 11.2 Å². The molecule has 5 nitrogen and oxygen atoms in total. The highest BCUT2D eigenvalue weighted by molar-refractivity contribution is 6.27. The Morgan fingerprint density at radius 3 is 2.41 bits per heavy atom. The second-order valence-corrected chi connectivity index (χ2v) is 10.9. The third-order valence-corrected chi connectivity index (χ3v) is 8.85. The van der Waals surface area contributed by atoms with Crippen LogP contribution in [0.2, 0.25) is 0 Å². The van der Waals surface area contributed by atoms with Crippen molar-refractivity contribution in [3.63, 3.8) is 0 Å². The van der Waals surface area contributed by atoms with E-state index >= 15 is 0 Å². The van der Waals surface area contributed by atoms with Gasteiger partial charge in [-0.3, -0.25) is 14.4 Å². The highest BCUT2D eigenvalue weighted by atomic mass is 15.0. The van der Waals surface area contributed by atoms with Gasteiger partial charge in [-0.05, 0) is 58.7 Å². The molecule has 0 radical (unpaired) electrons. The van der Waals surface area contributed by atoms with Crippen molar-refractivity contribution >= 4 is 60.3 Å². The van der Waals surface area contributed by atoms with Crippen LogP contribution < -0.4 is 0 Å². The molecule has 0 saturated carbocycles. The van der Waals surface area contributed by atoms with Crippen LogP contribution in [0.1, 0.15) is 11.1 Å². The van der Waals surface area contributed by atoms with Crippen LogP contribution in [0.25, 0.3) is 77.1 Å². The van der Waals surface area contributed by atoms with Crippen molar-refractivity contribution in [1.29, 1.82) is 0 Å². The van der Waals surface area contributed by atoms with Crippen LogP contribution in [-0.2, 0) is 6.42 Å². The van der Waals surface area contributed by atoms with Crippen LogP contribution in [0.5, 0.6) is 0 Å². The third kappa shape index (κ3) is 2.63. The van der Waals surface area contributed by atoms with Gasteiger partial charge in [-0.2, -0.15) is 0 Å². The summed E-state index contributed by atoms with van der Waals surface area (Å²) in [5, 5.41) is 4.70. The summed E-state index contributed by atoms with van der Waals surface area (Å²) in [7, 11) is 0. The van der Waals surface area contributed by atoms with Crippen molar-refractivity contribution in [2.75, 3.05) is 0 Å². The van der Waals surface area contributed by atoms with Crippen LogP contribution >= 0.6 is 0 Å². The highest BCUT2D eigenvalue weighted by Crippen LogP contribution is 2.46. The largest absolute Gasteiger partial charge is 0.308 e. The molecule has 0 spiro atoms. The van der Waals surface area contributed by atoms with E-state index < -0.39 is 0 Å². The number of aromatic nitrogens is 5. The fourth-order valence-corrected chi connectivity index (χ4v) is 7.21. The highest BCUT2D eigenvalue weighted by Gasteiger charge is 2.26. The number of fused-ring (bicyclic) bond motifs is 16. The average molecular weight is 524 g/mol. The van der Waals surface area contributed by atoms with E-state index in [0.29, 0.717) is 0 Å². The molecule has 9 aromatic rings. The molecule has 5 heterocycles. The molecule has 0 atom stereocenters. The first-order chi connectivity index (χ1) is 20.4. The first-order valence-corrected chi connectivity index (χ1v) is 13.9. The molecule has 0 bridgehead atoms. The number of nitrogens with zero attached hydrogens (tertiary/aromatic N) is 5. The van der Waals surface area contributed by atoms with E-state index in [1.54, 1.807) is 0 Å². The van der Waals surface area contributed by atoms with E-state index in [2.05, 4.69) is 98.9 Å². The van der Waals surface area contributed by atoms with Crippen molar-refractivity contribution in [3.8, 4) is 16.8 Å². The monoisotopic (exact) mass is 523 g/mol. The van der Waals surface area contributed by atoms with E-state index in [1.165, 1.54) is 44.1 Å². The fourth-order valence-electron chi connectivity index (χ4n) is 7.21. The molecule has 5 heteroatoms. The van der Waals surface area contributed by atoms with Crippen molar-refractivity contribution < 1.29 is 0 Å². The molecule has 4 aromatic carbocycles. The Hall–Kier alpha value is -5.55. The Morgan fingerprint density at radius 1 is 0.634 bits per heavy atom. The Kier molecular flexibility index (Phi) is 3.92. The molecule has 0 amide bonds. The number of benzene rings is 4. The first kappa shape index (κ1) is 21.3. The van der Waals surface area contributed by atoms with Crippen molar-refractivity contribution in [1.82, 2.24) is 23.9 Å². The summed E-state index contributed by atoms with van der Waals surface area (Å²) >= 11 is 0. The lowest BCUT2D eigenvalue weighted by Gasteiger charge is -2.14. The van der Waals surface area contributed by atoms with Gasteiger partial charge >= 0.3 is 0 Å². The fraction of sp³-hybridized carbons (Fsp3) is 0.0278. The molecule has 10 rings (SSSR count). The standard InChI is InChI=1S/C36H21N5/c1-2-8-22(9-3-1)40-34-25(13-12-24-23-10-5-4-7-21(23)19-28(24)34)26-14-15-27-32(35(26)40)33-31(11-6-17-38-33)41-30-16-18-37-20-29(30)39-36(27)41/h1-18,20H,19H2. The van der Waals surface area contributed by atoms with E-state index in [9.17, 15) is 0 Å². The number of pyridine rings is 3. The summed E-state index contributed by atoms with van der Waals surface area (Å²) in [6, 6.07) is 34.9.